The molecule has 1 N–H and O–H groups in total. The highest BCUT2D eigenvalue weighted by molar-refractivity contribution is 5.95. The highest BCUT2D eigenvalue weighted by Crippen LogP contribution is 2.22. The fourth-order valence-electron chi connectivity index (χ4n) is 3.57. The van der Waals surface area contributed by atoms with Gasteiger partial charge in [-0.15, -0.1) is 0 Å². The van der Waals surface area contributed by atoms with Gasteiger partial charge in [0.25, 0.3) is 5.91 Å². The summed E-state index contributed by atoms with van der Waals surface area (Å²) in [5.74, 6) is 1.12. The van der Waals surface area contributed by atoms with Crippen LogP contribution in [0.5, 0.6) is 11.5 Å². The molecular formula is C22H28N2O3. The number of nitrogens with zero attached hydrogens (tertiary/aromatic N) is 1. The number of carbonyl (C=O) groups excluding carboxylic acids is 1. The Balaban J connectivity index is 1.68. The number of benzene rings is 2. The molecule has 0 aliphatic carbocycles. The molecule has 5 heteroatoms. The van der Waals surface area contributed by atoms with Gasteiger partial charge in [0.05, 0.1) is 14.2 Å². The Labute approximate surface area is 161 Å². The van der Waals surface area contributed by atoms with Gasteiger partial charge >= 0.3 is 0 Å². The maximum atomic E-state index is 12.7. The zero-order valence-corrected chi connectivity index (χ0v) is 16.1. The number of methoxy groups -OCH3 is 2. The van der Waals surface area contributed by atoms with E-state index in [4.69, 9.17) is 9.47 Å². The molecule has 1 aliphatic heterocycles. The predicted molar refractivity (Wildman–Crippen MR) is 107 cm³/mol. The average molecular weight is 368 g/mol. The van der Waals surface area contributed by atoms with Gasteiger partial charge in [0.2, 0.25) is 0 Å². The molecule has 2 aromatic carbocycles. The van der Waals surface area contributed by atoms with Crippen LogP contribution in [0.1, 0.15) is 28.8 Å². The van der Waals surface area contributed by atoms with E-state index < -0.39 is 0 Å². The van der Waals surface area contributed by atoms with Gasteiger partial charge in [-0.05, 0) is 50.0 Å². The minimum atomic E-state index is -0.107. The summed E-state index contributed by atoms with van der Waals surface area (Å²) in [6.07, 6.45) is 3.39. The van der Waals surface area contributed by atoms with E-state index in [-0.39, 0.29) is 5.91 Å². The zero-order chi connectivity index (χ0) is 19.1. The minimum Gasteiger partial charge on any atom is -0.497 e. The SMILES string of the molecule is COc1cc(OC)cc(C(=O)NCC(Cc2ccccc2)N2CCCC2)c1. The molecule has 0 aromatic heterocycles. The van der Waals surface area contributed by atoms with E-state index >= 15 is 0 Å². The van der Waals surface area contributed by atoms with Crippen LogP contribution in [0.3, 0.4) is 0 Å². The van der Waals surface area contributed by atoms with E-state index in [2.05, 4.69) is 34.5 Å². The van der Waals surface area contributed by atoms with Gasteiger partial charge < -0.3 is 14.8 Å². The Kier molecular flexibility index (Phi) is 6.71. The maximum absolute atomic E-state index is 12.7. The van der Waals surface area contributed by atoms with Gasteiger partial charge in [-0.1, -0.05) is 30.3 Å². The molecular weight excluding hydrogens is 340 g/mol. The van der Waals surface area contributed by atoms with Gasteiger partial charge in [-0.25, -0.2) is 0 Å². The molecule has 1 amide bonds. The number of hydrogen-bond donors (Lipinski definition) is 1. The molecule has 1 aliphatic rings. The quantitative estimate of drug-likeness (QED) is 0.778. The smallest absolute Gasteiger partial charge is 0.251 e. The lowest BCUT2D eigenvalue weighted by atomic mass is 10.0. The Hall–Kier alpha value is -2.53. The van der Waals surface area contributed by atoms with E-state index in [1.165, 1.54) is 18.4 Å². The van der Waals surface area contributed by atoms with Crippen molar-refractivity contribution >= 4 is 5.91 Å². The molecule has 5 nitrogen and oxygen atoms in total. The van der Waals surface area contributed by atoms with Crippen LogP contribution >= 0.6 is 0 Å². The van der Waals surface area contributed by atoms with Crippen LogP contribution in [0.4, 0.5) is 0 Å². The van der Waals surface area contributed by atoms with E-state index in [1.54, 1.807) is 32.4 Å². The third kappa shape index (κ3) is 5.23. The van der Waals surface area contributed by atoms with Crippen molar-refractivity contribution in [3.63, 3.8) is 0 Å². The van der Waals surface area contributed by atoms with Crippen LogP contribution in [-0.4, -0.2) is 50.7 Å². The van der Waals surface area contributed by atoms with Crippen LogP contribution < -0.4 is 14.8 Å². The van der Waals surface area contributed by atoms with Gasteiger partial charge in [0.1, 0.15) is 11.5 Å². The zero-order valence-electron chi connectivity index (χ0n) is 16.1. The van der Waals surface area contributed by atoms with Crippen molar-refractivity contribution in [2.75, 3.05) is 33.9 Å². The molecule has 3 rings (SSSR count). The lowest BCUT2D eigenvalue weighted by Gasteiger charge is -2.28. The largest absolute Gasteiger partial charge is 0.497 e. The molecule has 0 saturated carbocycles. The average Bonchev–Trinajstić information content (AvgIpc) is 3.25. The minimum absolute atomic E-state index is 0.107. The standard InChI is InChI=1S/C22H28N2O3/c1-26-20-13-18(14-21(15-20)27-2)22(25)23-16-19(24-10-6-7-11-24)12-17-8-4-3-5-9-17/h3-5,8-9,13-15,19H,6-7,10-12,16H2,1-2H3,(H,23,25). The van der Waals surface area contributed by atoms with E-state index in [9.17, 15) is 4.79 Å². The molecule has 0 spiro atoms. The molecule has 0 bridgehead atoms. The third-order valence-corrected chi connectivity index (χ3v) is 5.08. The van der Waals surface area contributed by atoms with Crippen molar-refractivity contribution in [1.82, 2.24) is 10.2 Å². The second-order valence-electron chi connectivity index (χ2n) is 6.90. The third-order valence-electron chi connectivity index (χ3n) is 5.08. The summed E-state index contributed by atoms with van der Waals surface area (Å²) in [4.78, 5) is 15.2. The Morgan fingerprint density at radius 1 is 1.04 bits per heavy atom. The summed E-state index contributed by atoms with van der Waals surface area (Å²) in [5, 5.41) is 3.11. The van der Waals surface area contributed by atoms with Crippen LogP contribution in [0.2, 0.25) is 0 Å². The first kappa shape index (κ1) is 19.2. The molecule has 144 valence electrons. The highest BCUT2D eigenvalue weighted by atomic mass is 16.5. The fourth-order valence-corrected chi connectivity index (χ4v) is 3.57. The lowest BCUT2D eigenvalue weighted by Crippen LogP contribution is -2.44. The van der Waals surface area contributed by atoms with E-state index in [1.807, 2.05) is 6.07 Å². The molecule has 1 saturated heterocycles. The van der Waals surface area contributed by atoms with Crippen molar-refractivity contribution in [3.8, 4) is 11.5 Å². The number of ether oxygens (including phenoxy) is 2. The summed E-state index contributed by atoms with van der Waals surface area (Å²) in [5.41, 5.74) is 1.85. The van der Waals surface area contributed by atoms with Crippen LogP contribution in [0, 0.1) is 0 Å². The molecule has 1 fully saturated rings. The maximum Gasteiger partial charge on any atom is 0.251 e. The van der Waals surface area contributed by atoms with Crippen molar-refractivity contribution in [1.29, 1.82) is 0 Å². The van der Waals surface area contributed by atoms with Gasteiger partial charge in [0, 0.05) is 24.2 Å². The van der Waals surface area contributed by atoms with Crippen molar-refractivity contribution in [2.45, 2.75) is 25.3 Å². The van der Waals surface area contributed by atoms with Crippen molar-refractivity contribution in [3.05, 3.63) is 59.7 Å². The Bertz CT molecular complexity index is 720. The second kappa shape index (κ2) is 9.42. The number of carbonyl (C=O) groups is 1. The highest BCUT2D eigenvalue weighted by Gasteiger charge is 2.23. The molecule has 2 aromatic rings. The van der Waals surface area contributed by atoms with Crippen LogP contribution in [0.25, 0.3) is 0 Å². The molecule has 1 atom stereocenters. The van der Waals surface area contributed by atoms with Crippen molar-refractivity contribution in [2.24, 2.45) is 0 Å². The Morgan fingerprint density at radius 2 is 1.67 bits per heavy atom. The first-order valence-electron chi connectivity index (χ1n) is 9.49. The number of rotatable bonds is 8. The first-order chi connectivity index (χ1) is 13.2. The van der Waals surface area contributed by atoms with E-state index in [0.29, 0.717) is 29.6 Å². The predicted octanol–water partition coefficient (Wildman–Crippen LogP) is 3.14. The fraction of sp³-hybridized carbons (Fsp3) is 0.409. The number of hydrogen-bond acceptors (Lipinski definition) is 4. The Morgan fingerprint density at radius 3 is 2.26 bits per heavy atom. The normalized spacial score (nSPS) is 15.3. The number of nitrogens with one attached hydrogen (secondary N) is 1. The van der Waals surface area contributed by atoms with Gasteiger partial charge in [-0.3, -0.25) is 9.69 Å². The monoisotopic (exact) mass is 368 g/mol. The second-order valence-corrected chi connectivity index (χ2v) is 6.90. The topological polar surface area (TPSA) is 50.8 Å². The van der Waals surface area contributed by atoms with Gasteiger partial charge in [-0.2, -0.15) is 0 Å². The summed E-state index contributed by atoms with van der Waals surface area (Å²) in [6, 6.07) is 16.0. The molecule has 1 unspecified atom stereocenters. The van der Waals surface area contributed by atoms with Gasteiger partial charge in [0.15, 0.2) is 0 Å². The molecule has 0 radical (unpaired) electrons. The summed E-state index contributed by atoms with van der Waals surface area (Å²) < 4.78 is 10.5. The van der Waals surface area contributed by atoms with Crippen LogP contribution in [0.15, 0.2) is 48.5 Å². The van der Waals surface area contributed by atoms with Crippen LogP contribution in [-0.2, 0) is 6.42 Å². The number of amides is 1. The van der Waals surface area contributed by atoms with E-state index in [0.717, 1.165) is 19.5 Å². The lowest BCUT2D eigenvalue weighted by molar-refractivity contribution is 0.0937. The summed E-state index contributed by atoms with van der Waals surface area (Å²) in [6.45, 7) is 2.81. The first-order valence-corrected chi connectivity index (χ1v) is 9.49. The summed E-state index contributed by atoms with van der Waals surface area (Å²) in [7, 11) is 3.17. The number of likely N-dealkylation sites (tertiary alicyclic amines) is 1. The molecule has 1 heterocycles. The molecule has 27 heavy (non-hydrogen) atoms. The van der Waals surface area contributed by atoms with Crippen molar-refractivity contribution < 1.29 is 14.3 Å². The summed E-state index contributed by atoms with van der Waals surface area (Å²) >= 11 is 0.